The highest BCUT2D eigenvalue weighted by Gasteiger charge is 2.11. The highest BCUT2D eigenvalue weighted by Crippen LogP contribution is 2.07. The average molecular weight is 198 g/mol. The highest BCUT2D eigenvalue weighted by atomic mass is 32.2. The van der Waals surface area contributed by atoms with Gasteiger partial charge in [-0.25, -0.2) is 4.21 Å². The minimum atomic E-state index is -2.41. The molecule has 1 atom stereocenters. The summed E-state index contributed by atoms with van der Waals surface area (Å²) in [5.74, 6) is 0. The Morgan fingerprint density at radius 3 is 2.77 bits per heavy atom. The van der Waals surface area contributed by atoms with Crippen LogP contribution in [-0.2, 0) is 17.5 Å². The Balaban J connectivity index is 3.02. The standard InChI is InChI=1S/C9H10O3S/c1-2-7-4-3-5-8(6-7)9(10)13(11)12/h3-6H,2H2,1H3,(H,11,12). The molecule has 70 valence electrons. The molecule has 0 radical (unpaired) electrons. The smallest absolute Gasteiger partial charge is 0.276 e. The first kappa shape index (κ1) is 10.1. The molecule has 0 aromatic heterocycles. The van der Waals surface area contributed by atoms with Crippen molar-refractivity contribution in [3.8, 4) is 0 Å². The lowest BCUT2D eigenvalue weighted by atomic mass is 10.1. The molecule has 0 aliphatic heterocycles. The van der Waals surface area contributed by atoms with Gasteiger partial charge in [-0.05, 0) is 18.1 Å². The van der Waals surface area contributed by atoms with Gasteiger partial charge >= 0.3 is 0 Å². The summed E-state index contributed by atoms with van der Waals surface area (Å²) in [7, 11) is 0. The summed E-state index contributed by atoms with van der Waals surface area (Å²) in [4.78, 5) is 11.1. The second kappa shape index (κ2) is 4.30. The molecule has 0 saturated heterocycles. The van der Waals surface area contributed by atoms with Crippen LogP contribution >= 0.6 is 0 Å². The Morgan fingerprint density at radius 1 is 1.54 bits per heavy atom. The number of benzene rings is 1. The fraction of sp³-hybridized carbons (Fsp3) is 0.222. The number of hydrogen-bond donors (Lipinski definition) is 1. The molecule has 0 fully saturated rings. The van der Waals surface area contributed by atoms with Crippen molar-refractivity contribution in [1.82, 2.24) is 0 Å². The molecule has 1 aromatic rings. The Labute approximate surface area is 79.1 Å². The van der Waals surface area contributed by atoms with Gasteiger partial charge in [0.15, 0.2) is 0 Å². The van der Waals surface area contributed by atoms with E-state index in [1.54, 1.807) is 12.1 Å². The van der Waals surface area contributed by atoms with Gasteiger partial charge in [0, 0.05) is 5.56 Å². The van der Waals surface area contributed by atoms with Crippen LogP contribution in [0, 0.1) is 0 Å². The van der Waals surface area contributed by atoms with E-state index in [1.807, 2.05) is 13.0 Å². The normalized spacial score (nSPS) is 12.5. The van der Waals surface area contributed by atoms with Crippen LogP contribution in [0.15, 0.2) is 24.3 Å². The van der Waals surface area contributed by atoms with Gasteiger partial charge in [-0.3, -0.25) is 9.35 Å². The van der Waals surface area contributed by atoms with Gasteiger partial charge in [-0.15, -0.1) is 0 Å². The summed E-state index contributed by atoms with van der Waals surface area (Å²) < 4.78 is 19.0. The van der Waals surface area contributed by atoms with Crippen LogP contribution in [0.25, 0.3) is 0 Å². The zero-order chi connectivity index (χ0) is 9.84. The molecule has 1 unspecified atom stereocenters. The molecular weight excluding hydrogens is 188 g/mol. The van der Waals surface area contributed by atoms with Crippen molar-refractivity contribution in [2.24, 2.45) is 0 Å². The number of aryl methyl sites for hydroxylation is 1. The lowest BCUT2D eigenvalue weighted by Gasteiger charge is -1.99. The van der Waals surface area contributed by atoms with Crippen molar-refractivity contribution in [2.45, 2.75) is 13.3 Å². The maximum atomic E-state index is 11.1. The molecule has 0 aliphatic carbocycles. The fourth-order valence-electron chi connectivity index (χ4n) is 1.02. The molecule has 1 N–H and O–H groups in total. The van der Waals surface area contributed by atoms with Gasteiger partial charge in [-0.1, -0.05) is 25.1 Å². The van der Waals surface area contributed by atoms with Crippen LogP contribution in [0.3, 0.4) is 0 Å². The Bertz CT molecular complexity index is 346. The van der Waals surface area contributed by atoms with Gasteiger partial charge in [-0.2, -0.15) is 0 Å². The van der Waals surface area contributed by atoms with Gasteiger partial charge in [0.2, 0.25) is 11.1 Å². The second-order valence-corrected chi connectivity index (χ2v) is 3.46. The van der Waals surface area contributed by atoms with E-state index in [0.29, 0.717) is 5.56 Å². The Morgan fingerprint density at radius 2 is 2.23 bits per heavy atom. The maximum Gasteiger partial charge on any atom is 0.276 e. The van der Waals surface area contributed by atoms with E-state index in [9.17, 15) is 9.00 Å². The van der Waals surface area contributed by atoms with E-state index in [-0.39, 0.29) is 0 Å². The van der Waals surface area contributed by atoms with Gasteiger partial charge in [0.05, 0.1) is 0 Å². The third-order valence-electron chi connectivity index (χ3n) is 1.73. The summed E-state index contributed by atoms with van der Waals surface area (Å²) in [5, 5.41) is -0.740. The molecule has 0 spiro atoms. The number of carbonyl (C=O) groups excluding carboxylic acids is 1. The molecule has 0 bridgehead atoms. The topological polar surface area (TPSA) is 54.4 Å². The SMILES string of the molecule is CCc1cccc(C(=O)S(=O)O)c1. The predicted molar refractivity (Wildman–Crippen MR) is 50.9 cm³/mol. The summed E-state index contributed by atoms with van der Waals surface area (Å²) in [6.45, 7) is 1.96. The number of hydrogen-bond acceptors (Lipinski definition) is 2. The van der Waals surface area contributed by atoms with Crippen molar-refractivity contribution in [3.63, 3.8) is 0 Å². The lowest BCUT2D eigenvalue weighted by molar-refractivity contribution is 0.107. The molecular formula is C9H10O3S. The highest BCUT2D eigenvalue weighted by molar-refractivity contribution is 7.95. The predicted octanol–water partition coefficient (Wildman–Crippen LogP) is 1.61. The van der Waals surface area contributed by atoms with Crippen LogP contribution in [0.2, 0.25) is 0 Å². The molecule has 0 amide bonds. The Kier molecular flexibility index (Phi) is 3.33. The van der Waals surface area contributed by atoms with Crippen molar-refractivity contribution in [1.29, 1.82) is 0 Å². The van der Waals surface area contributed by atoms with Crippen LogP contribution in [0.1, 0.15) is 22.8 Å². The monoisotopic (exact) mass is 198 g/mol. The molecule has 0 saturated carbocycles. The minimum absolute atomic E-state index is 0.292. The first-order valence-corrected chi connectivity index (χ1v) is 5.00. The van der Waals surface area contributed by atoms with Crippen molar-refractivity contribution >= 4 is 16.2 Å². The first-order chi connectivity index (χ1) is 6.15. The van der Waals surface area contributed by atoms with Crippen molar-refractivity contribution in [2.75, 3.05) is 0 Å². The third-order valence-corrected chi connectivity index (χ3v) is 2.28. The van der Waals surface area contributed by atoms with E-state index < -0.39 is 16.2 Å². The van der Waals surface area contributed by atoms with Crippen LogP contribution < -0.4 is 0 Å². The number of rotatable bonds is 2. The van der Waals surface area contributed by atoms with Crippen LogP contribution in [0.4, 0.5) is 0 Å². The van der Waals surface area contributed by atoms with Gasteiger partial charge in [0.1, 0.15) is 0 Å². The molecule has 1 rings (SSSR count). The zero-order valence-corrected chi connectivity index (χ0v) is 8.00. The van der Waals surface area contributed by atoms with Gasteiger partial charge in [0.25, 0.3) is 5.12 Å². The van der Waals surface area contributed by atoms with Crippen molar-refractivity contribution < 1.29 is 13.6 Å². The summed E-state index contributed by atoms with van der Waals surface area (Å²) in [6, 6.07) is 6.75. The molecule has 0 heterocycles. The number of carbonyl (C=O) groups is 1. The minimum Gasteiger partial charge on any atom is -0.300 e. The van der Waals surface area contributed by atoms with E-state index in [0.717, 1.165) is 12.0 Å². The molecule has 4 heteroatoms. The molecule has 3 nitrogen and oxygen atoms in total. The van der Waals surface area contributed by atoms with E-state index >= 15 is 0 Å². The van der Waals surface area contributed by atoms with Gasteiger partial charge < -0.3 is 0 Å². The lowest BCUT2D eigenvalue weighted by Crippen LogP contribution is -2.06. The van der Waals surface area contributed by atoms with Crippen molar-refractivity contribution in [3.05, 3.63) is 35.4 Å². The van der Waals surface area contributed by atoms with E-state index in [4.69, 9.17) is 4.55 Å². The zero-order valence-electron chi connectivity index (χ0n) is 7.19. The third kappa shape index (κ3) is 2.47. The first-order valence-electron chi connectivity index (χ1n) is 3.89. The quantitative estimate of drug-likeness (QED) is 0.734. The van der Waals surface area contributed by atoms with E-state index in [2.05, 4.69) is 0 Å². The summed E-state index contributed by atoms with van der Waals surface area (Å²) >= 11 is -2.41. The van der Waals surface area contributed by atoms with Crippen LogP contribution in [0.5, 0.6) is 0 Å². The fourth-order valence-corrected chi connectivity index (χ4v) is 1.35. The second-order valence-electron chi connectivity index (χ2n) is 2.59. The molecule has 1 aromatic carbocycles. The average Bonchev–Trinajstić information content (AvgIpc) is 2.16. The largest absolute Gasteiger partial charge is 0.300 e. The molecule has 0 aliphatic rings. The summed E-state index contributed by atoms with van der Waals surface area (Å²) in [5.41, 5.74) is 1.27. The Hall–Kier alpha value is -1.00. The van der Waals surface area contributed by atoms with E-state index in [1.165, 1.54) is 6.07 Å². The van der Waals surface area contributed by atoms with Crippen LogP contribution in [-0.4, -0.2) is 13.9 Å². The maximum absolute atomic E-state index is 11.1. The molecule has 13 heavy (non-hydrogen) atoms. The summed E-state index contributed by atoms with van der Waals surface area (Å²) in [6.07, 6.45) is 0.805.